The van der Waals surface area contributed by atoms with Crippen LogP contribution in [-0.4, -0.2) is 26.4 Å². The Hall–Kier alpha value is 0.660. The van der Waals surface area contributed by atoms with E-state index < -0.39 is 16.1 Å². The third kappa shape index (κ3) is 2.12. The highest BCUT2D eigenvalue weighted by Gasteiger charge is 2.48. The van der Waals surface area contributed by atoms with E-state index in [9.17, 15) is 9.36 Å². The van der Waals surface area contributed by atoms with Gasteiger partial charge in [0.15, 0.2) is 0 Å². The molecule has 0 aliphatic rings. The zero-order valence-electron chi connectivity index (χ0n) is 6.88. The molecule has 0 heterocycles. The summed E-state index contributed by atoms with van der Waals surface area (Å²) in [7, 11) is -2.71. The Morgan fingerprint density at radius 2 is 1.75 bits per heavy atom. The smallest absolute Gasteiger partial charge is 0.339 e. The summed E-state index contributed by atoms with van der Waals surface area (Å²) < 4.78 is 10.5. The third-order valence-electron chi connectivity index (χ3n) is 1.79. The topological polar surface area (TPSA) is 54.4 Å². The molecule has 12 heavy (non-hydrogen) atoms. The van der Waals surface area contributed by atoms with Crippen molar-refractivity contribution in [1.29, 1.82) is 0 Å². The minimum atomic E-state index is -2.71. The summed E-state index contributed by atoms with van der Waals surface area (Å²) in [5.74, 6) is -1.13. The maximum absolute atomic E-state index is 11.9. The highest BCUT2D eigenvalue weighted by atomic mass is 79.9. The number of hydrogen-bond acceptors (Lipinski definition) is 2. The Morgan fingerprint density at radius 3 is 1.83 bits per heavy atom. The summed E-state index contributed by atoms with van der Waals surface area (Å²) in [4.78, 5) is 10.7. The van der Waals surface area contributed by atoms with Crippen LogP contribution in [0.15, 0.2) is 0 Å². The molecule has 6 heteroatoms. The molecule has 0 aromatic carbocycles. The van der Waals surface area contributed by atoms with E-state index in [1.807, 2.05) is 0 Å². The first-order chi connectivity index (χ1) is 5.31. The average Bonchev–Trinajstić information content (AvgIpc) is 2.02. The number of carboxylic acid groups (broad SMARTS) is 1. The second kappa shape index (κ2) is 4.25. The summed E-state index contributed by atoms with van der Waals surface area (Å²) in [6.45, 7) is 3.45. The van der Waals surface area contributed by atoms with Crippen LogP contribution in [0.25, 0.3) is 0 Å². The van der Waals surface area contributed by atoms with Crippen molar-refractivity contribution in [1.82, 2.24) is 0 Å². The van der Waals surface area contributed by atoms with E-state index in [1.54, 1.807) is 13.8 Å². The first kappa shape index (κ1) is 12.7. The molecule has 0 radical (unpaired) electrons. The van der Waals surface area contributed by atoms with Crippen LogP contribution < -0.4 is 0 Å². The largest absolute Gasteiger partial charge is 0.479 e. The van der Waals surface area contributed by atoms with E-state index in [1.165, 1.54) is 0 Å². The van der Waals surface area contributed by atoms with Gasteiger partial charge in [-0.05, 0) is 0 Å². The summed E-state index contributed by atoms with van der Waals surface area (Å²) >= 11 is 5.89. The predicted octanol–water partition coefficient (Wildman–Crippen LogP) is 2.92. The number of carbonyl (C=O) groups is 1. The lowest BCUT2D eigenvalue weighted by Crippen LogP contribution is -2.26. The van der Waals surface area contributed by atoms with Gasteiger partial charge in [0, 0.05) is 12.3 Å². The number of hydrogen-bond donors (Lipinski definition) is 1. The molecule has 0 bridgehead atoms. The molecule has 0 aromatic heterocycles. The third-order valence-corrected chi connectivity index (χ3v) is 9.61. The Bertz CT molecular complexity index is 219. The van der Waals surface area contributed by atoms with Gasteiger partial charge in [-0.15, -0.1) is 0 Å². The molecule has 0 aliphatic carbocycles. The van der Waals surface area contributed by atoms with Crippen LogP contribution in [-0.2, 0) is 9.36 Å². The van der Waals surface area contributed by atoms with Gasteiger partial charge in [-0.3, -0.25) is 0 Å². The van der Waals surface area contributed by atoms with Crippen LogP contribution in [0.1, 0.15) is 13.8 Å². The van der Waals surface area contributed by atoms with Gasteiger partial charge in [0.1, 0.15) is 7.14 Å². The highest BCUT2D eigenvalue weighted by molar-refractivity contribution is 9.27. The van der Waals surface area contributed by atoms with Gasteiger partial charge in [0.05, 0.1) is 0 Å². The molecule has 3 nitrogen and oxygen atoms in total. The fraction of sp³-hybridized carbons (Fsp3) is 0.833. The number of halogens is 2. The van der Waals surface area contributed by atoms with Gasteiger partial charge in [-0.25, -0.2) is 4.79 Å². The van der Waals surface area contributed by atoms with Crippen LogP contribution in [0.2, 0.25) is 0 Å². The SMILES string of the molecule is CCP(=O)(CC)C(Br)(Br)C(=O)O. The second-order valence-corrected chi connectivity index (χ2v) is 10.8. The van der Waals surface area contributed by atoms with Crippen molar-refractivity contribution < 1.29 is 14.5 Å². The monoisotopic (exact) mass is 320 g/mol. The van der Waals surface area contributed by atoms with Crippen molar-refractivity contribution >= 4 is 45.0 Å². The van der Waals surface area contributed by atoms with E-state index in [0.29, 0.717) is 12.3 Å². The van der Waals surface area contributed by atoms with E-state index in [2.05, 4.69) is 31.9 Å². The normalized spacial score (nSPS) is 13.0. The Kier molecular flexibility index (Phi) is 4.48. The van der Waals surface area contributed by atoms with Crippen molar-refractivity contribution in [2.45, 2.75) is 16.8 Å². The summed E-state index contributed by atoms with van der Waals surface area (Å²) in [5, 5.41) is 8.77. The second-order valence-electron chi connectivity index (χ2n) is 2.37. The van der Waals surface area contributed by atoms with Crippen molar-refractivity contribution in [2.75, 3.05) is 12.3 Å². The van der Waals surface area contributed by atoms with Gasteiger partial charge >= 0.3 is 5.97 Å². The Morgan fingerprint density at radius 1 is 1.42 bits per heavy atom. The van der Waals surface area contributed by atoms with Crippen LogP contribution in [0.5, 0.6) is 0 Å². The fourth-order valence-electron chi connectivity index (χ4n) is 0.795. The molecule has 0 saturated carbocycles. The molecule has 0 aromatic rings. The average molecular weight is 322 g/mol. The molecule has 0 fully saturated rings. The molecular formula is C6H11Br2O3P. The first-order valence-corrected chi connectivity index (χ1v) is 7.17. The minimum Gasteiger partial charge on any atom is -0.479 e. The molecule has 72 valence electrons. The van der Waals surface area contributed by atoms with Gasteiger partial charge in [-0.1, -0.05) is 45.7 Å². The van der Waals surface area contributed by atoms with Gasteiger partial charge in [0.2, 0.25) is 2.97 Å². The molecule has 0 aliphatic heterocycles. The van der Waals surface area contributed by atoms with Gasteiger partial charge < -0.3 is 9.67 Å². The zero-order valence-corrected chi connectivity index (χ0v) is 10.9. The zero-order chi connectivity index (χ0) is 9.99. The molecule has 0 atom stereocenters. The first-order valence-electron chi connectivity index (χ1n) is 3.51. The predicted molar refractivity (Wildman–Crippen MR) is 56.9 cm³/mol. The van der Waals surface area contributed by atoms with E-state index in [0.717, 1.165) is 0 Å². The van der Waals surface area contributed by atoms with Crippen molar-refractivity contribution in [3.63, 3.8) is 0 Å². The van der Waals surface area contributed by atoms with Crippen molar-refractivity contribution in [3.8, 4) is 0 Å². The molecule has 1 N–H and O–H groups in total. The van der Waals surface area contributed by atoms with Crippen LogP contribution >= 0.6 is 39.0 Å². The summed E-state index contributed by atoms with van der Waals surface area (Å²) in [6.07, 6.45) is 0.735. The number of aliphatic carboxylic acids is 1. The fourth-order valence-corrected chi connectivity index (χ4v) is 5.39. The van der Waals surface area contributed by atoms with Crippen LogP contribution in [0.4, 0.5) is 0 Å². The quantitative estimate of drug-likeness (QED) is 0.640. The summed E-state index contributed by atoms with van der Waals surface area (Å²) in [5.41, 5.74) is 0. The highest BCUT2D eigenvalue weighted by Crippen LogP contribution is 2.64. The van der Waals surface area contributed by atoms with E-state index in [4.69, 9.17) is 5.11 Å². The number of carboxylic acids is 1. The lowest BCUT2D eigenvalue weighted by atomic mass is 10.8. The standard InChI is InChI=1S/C6H11Br2O3P/c1-3-12(11,4-2)6(7,8)5(9)10/h3-4H2,1-2H3,(H,9,10). The van der Waals surface area contributed by atoms with E-state index in [-0.39, 0.29) is 0 Å². The van der Waals surface area contributed by atoms with Gasteiger partial charge in [-0.2, -0.15) is 0 Å². The van der Waals surface area contributed by atoms with Crippen molar-refractivity contribution in [3.05, 3.63) is 0 Å². The number of alkyl halides is 2. The molecule has 0 saturated heterocycles. The summed E-state index contributed by atoms with van der Waals surface area (Å²) in [6, 6.07) is 0. The molecule has 0 spiro atoms. The lowest BCUT2D eigenvalue weighted by molar-refractivity contribution is -0.135. The Labute approximate surface area is 88.5 Å². The minimum absolute atomic E-state index is 0.367. The van der Waals surface area contributed by atoms with E-state index >= 15 is 0 Å². The maximum Gasteiger partial charge on any atom is 0.339 e. The molecule has 0 amide bonds. The molecule has 0 rings (SSSR count). The molecular weight excluding hydrogens is 311 g/mol. The maximum atomic E-state index is 11.9. The van der Waals surface area contributed by atoms with Gasteiger partial charge in [0.25, 0.3) is 0 Å². The lowest BCUT2D eigenvalue weighted by Gasteiger charge is -2.25. The Balaban J connectivity index is 4.98. The molecule has 0 unspecified atom stereocenters. The van der Waals surface area contributed by atoms with Crippen LogP contribution in [0.3, 0.4) is 0 Å². The van der Waals surface area contributed by atoms with Crippen molar-refractivity contribution in [2.24, 2.45) is 0 Å². The number of rotatable bonds is 4. The van der Waals surface area contributed by atoms with Crippen LogP contribution in [0, 0.1) is 0 Å².